The molecule has 0 heterocycles. The van der Waals surface area contributed by atoms with E-state index in [0.717, 1.165) is 9.80 Å². The third kappa shape index (κ3) is 13.9. The molecule has 0 aromatic heterocycles. The summed E-state index contributed by atoms with van der Waals surface area (Å²) >= 11 is 10.6. The molecule has 26 heteroatoms. The number of anilines is 2. The van der Waals surface area contributed by atoms with E-state index in [1.54, 1.807) is 136 Å². The van der Waals surface area contributed by atoms with Gasteiger partial charge >= 0.3 is 0 Å². The van der Waals surface area contributed by atoms with E-state index in [0.29, 0.717) is 0 Å². The van der Waals surface area contributed by atoms with Gasteiger partial charge in [0, 0.05) is 46.9 Å². The van der Waals surface area contributed by atoms with Crippen LogP contribution in [0.25, 0.3) is 0 Å². The minimum atomic E-state index is -1.48. The Balaban J connectivity index is 2.58. The van der Waals surface area contributed by atoms with Crippen molar-refractivity contribution in [1.82, 2.24) is 20.4 Å². The fourth-order valence-electron chi connectivity index (χ4n) is 4.86. The highest BCUT2D eigenvalue weighted by Gasteiger charge is 2.34. The van der Waals surface area contributed by atoms with Gasteiger partial charge in [0.2, 0.25) is 11.8 Å². The first kappa shape index (κ1) is 53.5. The molecule has 3 atom stereocenters. The molecule has 0 aliphatic heterocycles. The van der Waals surface area contributed by atoms with Crippen LogP contribution in [0.3, 0.4) is 0 Å². The van der Waals surface area contributed by atoms with E-state index in [2.05, 4.69) is 21.3 Å². The minimum absolute atomic E-state index is 0.000557. The van der Waals surface area contributed by atoms with Crippen LogP contribution in [0.15, 0.2) is 0 Å². The van der Waals surface area contributed by atoms with E-state index in [1.807, 2.05) is 0 Å². The summed E-state index contributed by atoms with van der Waals surface area (Å²) in [6.45, 7) is -5.63. The SMILES string of the molecule is CN(CC(O)CN(CCO)C(=O)c1c(I)c(NC(=O)CO)c(I)c(C(=O)NCC(O)CO)c1I)C(=O)c1c(I)c(NC(=O)CO)c(I)c(C(=O)NCC(O)CO)c1I. The Morgan fingerprint density at radius 3 is 1.29 bits per heavy atom. The number of rotatable bonds is 20. The largest absolute Gasteiger partial charge is 0.395 e. The lowest BCUT2D eigenvalue weighted by atomic mass is 10.1. The van der Waals surface area contributed by atoms with Crippen LogP contribution in [0.4, 0.5) is 11.4 Å². The normalized spacial score (nSPS) is 12.6. The molecule has 12 N–H and O–H groups in total. The molecule has 0 radical (unpaired) electrons. The molecule has 6 amide bonds. The maximum Gasteiger partial charge on any atom is 0.256 e. The zero-order valence-electron chi connectivity index (χ0n) is 30.0. The summed E-state index contributed by atoms with van der Waals surface area (Å²) in [6.07, 6.45) is -4.06. The topological polar surface area (TPSA) is 319 Å². The summed E-state index contributed by atoms with van der Waals surface area (Å²) in [5.41, 5.74) is -0.318. The number of hydrogen-bond acceptors (Lipinski definition) is 14. The molecule has 0 aliphatic rings. The van der Waals surface area contributed by atoms with Crippen LogP contribution in [0.5, 0.6) is 0 Å². The molecule has 0 bridgehead atoms. The second-order valence-corrected chi connectivity index (χ2v) is 18.4. The van der Waals surface area contributed by atoms with Crippen molar-refractivity contribution in [1.29, 1.82) is 0 Å². The maximum atomic E-state index is 14.3. The molecule has 58 heavy (non-hydrogen) atoms. The summed E-state index contributed by atoms with van der Waals surface area (Å²) < 4.78 is 0.928. The molecule has 2 aromatic rings. The van der Waals surface area contributed by atoms with Gasteiger partial charge in [-0.3, -0.25) is 28.8 Å². The van der Waals surface area contributed by atoms with Crippen LogP contribution in [-0.2, 0) is 9.59 Å². The van der Waals surface area contributed by atoms with Gasteiger partial charge in [-0.2, -0.15) is 0 Å². The van der Waals surface area contributed by atoms with E-state index in [9.17, 15) is 69.6 Å². The van der Waals surface area contributed by atoms with Crippen molar-refractivity contribution in [3.63, 3.8) is 0 Å². The Kier molecular flexibility index (Phi) is 23.4. The second-order valence-electron chi connectivity index (χ2n) is 12.0. The Labute approximate surface area is 412 Å². The summed E-state index contributed by atoms with van der Waals surface area (Å²) in [7, 11) is 1.33. The van der Waals surface area contributed by atoms with E-state index in [4.69, 9.17) is 0 Å². The lowest BCUT2D eigenvalue weighted by Gasteiger charge is -2.29. The Hall–Kier alpha value is -0.680. The highest BCUT2D eigenvalue weighted by atomic mass is 127. The van der Waals surface area contributed by atoms with Gasteiger partial charge in [0.05, 0.1) is 86.0 Å². The molecule has 2 aromatic carbocycles. The number of nitrogens with one attached hydrogen (secondary N) is 4. The third-order valence-electron chi connectivity index (χ3n) is 7.67. The van der Waals surface area contributed by atoms with E-state index >= 15 is 0 Å². The third-order valence-corrected chi connectivity index (χ3v) is 14.1. The molecule has 0 fully saturated rings. The Morgan fingerprint density at radius 1 is 0.552 bits per heavy atom. The van der Waals surface area contributed by atoms with Crippen molar-refractivity contribution in [3.8, 4) is 0 Å². The Morgan fingerprint density at radius 2 is 0.931 bits per heavy atom. The van der Waals surface area contributed by atoms with Gasteiger partial charge < -0.3 is 71.9 Å². The van der Waals surface area contributed by atoms with Crippen LogP contribution in [0.2, 0.25) is 0 Å². The number of nitrogens with zero attached hydrogens (tertiary/aromatic N) is 2. The minimum Gasteiger partial charge on any atom is -0.395 e. The summed E-state index contributed by atoms with van der Waals surface area (Å²) in [6, 6.07) is 0. The lowest BCUT2D eigenvalue weighted by molar-refractivity contribution is -0.119. The number of hydrogen-bond donors (Lipinski definition) is 12. The maximum absolute atomic E-state index is 14.3. The number of amides is 6. The zero-order chi connectivity index (χ0) is 44.2. The predicted octanol–water partition coefficient (Wildman–Crippen LogP) is -1.09. The van der Waals surface area contributed by atoms with Crippen LogP contribution in [0.1, 0.15) is 41.4 Å². The zero-order valence-corrected chi connectivity index (χ0v) is 42.9. The quantitative estimate of drug-likeness (QED) is 0.0702. The molecule has 0 aliphatic carbocycles. The summed E-state index contributed by atoms with van der Waals surface area (Å²) in [5.74, 6) is -4.77. The monoisotopic (exact) mass is 1490 g/mol. The molecular weight excluding hydrogens is 1450 g/mol. The van der Waals surface area contributed by atoms with Crippen molar-refractivity contribution in [2.45, 2.75) is 18.3 Å². The average Bonchev–Trinajstić information content (AvgIpc) is 3.18. The summed E-state index contributed by atoms with van der Waals surface area (Å²) in [4.78, 5) is 81.7. The molecule has 0 spiro atoms. The Bertz CT molecular complexity index is 1890. The number of carbonyl (C=O) groups is 6. The number of halogens is 6. The van der Waals surface area contributed by atoms with Gasteiger partial charge in [-0.25, -0.2) is 0 Å². The van der Waals surface area contributed by atoms with Gasteiger partial charge in [0.1, 0.15) is 13.2 Å². The second kappa shape index (κ2) is 25.4. The van der Waals surface area contributed by atoms with Crippen LogP contribution >= 0.6 is 136 Å². The van der Waals surface area contributed by atoms with E-state index < -0.39 is 99.9 Å². The van der Waals surface area contributed by atoms with Crippen molar-refractivity contribution in [2.75, 3.05) is 83.4 Å². The van der Waals surface area contributed by atoms with Crippen LogP contribution < -0.4 is 21.3 Å². The summed E-state index contributed by atoms with van der Waals surface area (Å²) in [5, 5.41) is 87.8. The van der Waals surface area contributed by atoms with Crippen molar-refractivity contribution in [2.24, 2.45) is 0 Å². The number of likely N-dealkylation sites (N-methyl/N-ethyl adjacent to an activating group) is 1. The molecule has 322 valence electrons. The average molecular weight is 1490 g/mol. The lowest BCUT2D eigenvalue weighted by Crippen LogP contribution is -2.45. The van der Waals surface area contributed by atoms with Crippen LogP contribution in [-0.4, -0.2) is 177 Å². The molecule has 0 saturated carbocycles. The molecular formula is C32H38I6N6O14. The van der Waals surface area contributed by atoms with Gasteiger partial charge in [-0.15, -0.1) is 0 Å². The highest BCUT2D eigenvalue weighted by molar-refractivity contribution is 14.1. The van der Waals surface area contributed by atoms with Gasteiger partial charge in [0.15, 0.2) is 0 Å². The molecule has 2 rings (SSSR count). The number of carbonyl (C=O) groups excluding carboxylic acids is 6. The number of aliphatic hydroxyl groups is 8. The van der Waals surface area contributed by atoms with Gasteiger partial charge in [-0.05, 0) is 136 Å². The molecule has 0 saturated heterocycles. The standard InChI is InChI=1S/C32H38I6N6O14/c1-43(31(57)19-21(33)17(29(55)39-4-12(50)8-46)23(35)27(25(19)37)41-15(53)10-48)6-14(52)7-44(2-3-45)32(58)20-22(34)18(30(56)40-5-13(51)9-47)24(36)28(26(20)38)42-16(54)11-49/h12-14,45-52H,2-11H2,1H3,(H,39,55)(H,40,56)(H,41,53)(H,42,54). The molecule has 20 nitrogen and oxygen atoms in total. The van der Waals surface area contributed by atoms with Crippen LogP contribution in [0, 0.1) is 21.4 Å². The van der Waals surface area contributed by atoms with Gasteiger partial charge in [-0.1, -0.05) is 0 Å². The fourth-order valence-corrected chi connectivity index (χ4v) is 13.6. The van der Waals surface area contributed by atoms with Crippen molar-refractivity contribution >= 4 is 182 Å². The van der Waals surface area contributed by atoms with Crippen molar-refractivity contribution in [3.05, 3.63) is 43.7 Å². The predicted molar refractivity (Wildman–Crippen MR) is 257 cm³/mol. The fraction of sp³-hybridized carbons (Fsp3) is 0.438. The first-order chi connectivity index (χ1) is 27.2. The van der Waals surface area contributed by atoms with E-state index in [1.165, 1.54) is 7.05 Å². The molecule has 3 unspecified atom stereocenters. The number of aliphatic hydroxyl groups excluding tert-OH is 8. The van der Waals surface area contributed by atoms with Crippen molar-refractivity contribution < 1.29 is 69.6 Å². The first-order valence-electron chi connectivity index (χ1n) is 16.4. The smallest absolute Gasteiger partial charge is 0.256 e. The first-order valence-corrected chi connectivity index (χ1v) is 22.9. The van der Waals surface area contributed by atoms with Gasteiger partial charge in [0.25, 0.3) is 23.6 Å². The number of benzene rings is 2. The highest BCUT2D eigenvalue weighted by Crippen LogP contribution is 2.38. The van der Waals surface area contributed by atoms with E-state index in [-0.39, 0.29) is 74.7 Å².